The van der Waals surface area contributed by atoms with Gasteiger partial charge in [0.15, 0.2) is 0 Å². The number of amides is 1. The number of nitrogens with one attached hydrogen (secondary N) is 1. The SMILES string of the molecule is C/C=C/[C@@H](C)SC(=O)NC(C)C. The maximum absolute atomic E-state index is 11.2. The topological polar surface area (TPSA) is 29.1 Å². The van der Waals surface area contributed by atoms with Gasteiger partial charge in [-0.1, -0.05) is 23.9 Å². The number of carbonyl (C=O) groups excluding carboxylic acids is 1. The van der Waals surface area contributed by atoms with Gasteiger partial charge in [0.1, 0.15) is 0 Å². The molecule has 0 aromatic rings. The first kappa shape index (κ1) is 11.6. The molecule has 1 amide bonds. The maximum Gasteiger partial charge on any atom is 0.279 e. The third-order valence-corrected chi connectivity index (χ3v) is 2.02. The molecule has 0 rings (SSSR count). The van der Waals surface area contributed by atoms with E-state index in [9.17, 15) is 4.79 Å². The van der Waals surface area contributed by atoms with Crippen molar-refractivity contribution in [3.8, 4) is 0 Å². The molecular weight excluding hydrogens is 170 g/mol. The van der Waals surface area contributed by atoms with Crippen LogP contribution in [0.5, 0.6) is 0 Å². The summed E-state index contributed by atoms with van der Waals surface area (Å²) in [4.78, 5) is 11.2. The van der Waals surface area contributed by atoms with Crippen molar-refractivity contribution in [2.75, 3.05) is 0 Å². The standard InChI is InChI=1S/C9H17NOS/c1-5-6-8(4)12-9(11)10-7(2)3/h5-8H,1-4H3,(H,10,11)/b6-5+/t8-/m1/s1. The van der Waals surface area contributed by atoms with Gasteiger partial charge in [-0.15, -0.1) is 0 Å². The summed E-state index contributed by atoms with van der Waals surface area (Å²) in [6, 6.07) is 0.225. The first-order valence-corrected chi connectivity index (χ1v) is 5.04. The predicted octanol–water partition coefficient (Wildman–Crippen LogP) is 2.80. The van der Waals surface area contributed by atoms with Crippen LogP contribution in [0, 0.1) is 0 Å². The number of hydrogen-bond donors (Lipinski definition) is 1. The van der Waals surface area contributed by atoms with E-state index in [1.807, 2.05) is 39.8 Å². The van der Waals surface area contributed by atoms with E-state index < -0.39 is 0 Å². The molecule has 3 heteroatoms. The van der Waals surface area contributed by atoms with E-state index in [4.69, 9.17) is 0 Å². The second-order valence-corrected chi connectivity index (χ2v) is 4.29. The van der Waals surface area contributed by atoms with Crippen molar-refractivity contribution in [2.24, 2.45) is 0 Å². The van der Waals surface area contributed by atoms with Gasteiger partial charge in [0.2, 0.25) is 0 Å². The average Bonchev–Trinajstić information content (AvgIpc) is 1.84. The molecule has 1 atom stereocenters. The molecule has 0 radical (unpaired) electrons. The molecule has 0 aliphatic carbocycles. The van der Waals surface area contributed by atoms with Gasteiger partial charge in [-0.05, 0) is 27.7 Å². The van der Waals surface area contributed by atoms with Gasteiger partial charge in [0.05, 0.1) is 0 Å². The fourth-order valence-corrected chi connectivity index (χ4v) is 1.63. The molecule has 0 saturated carbocycles. The summed E-state index contributed by atoms with van der Waals surface area (Å²) in [5.74, 6) is 0. The lowest BCUT2D eigenvalue weighted by Crippen LogP contribution is -2.27. The van der Waals surface area contributed by atoms with E-state index in [0.717, 1.165) is 0 Å². The minimum absolute atomic E-state index is 0.0515. The molecule has 0 bridgehead atoms. The fraction of sp³-hybridized carbons (Fsp3) is 0.667. The van der Waals surface area contributed by atoms with Gasteiger partial charge in [0.25, 0.3) is 5.24 Å². The third kappa shape index (κ3) is 6.28. The average molecular weight is 187 g/mol. The van der Waals surface area contributed by atoms with Crippen LogP contribution >= 0.6 is 11.8 Å². The van der Waals surface area contributed by atoms with E-state index >= 15 is 0 Å². The van der Waals surface area contributed by atoms with E-state index in [1.165, 1.54) is 11.8 Å². The Labute approximate surface area is 78.8 Å². The van der Waals surface area contributed by atoms with Crippen LogP contribution in [0.1, 0.15) is 27.7 Å². The molecule has 0 aromatic heterocycles. The second-order valence-electron chi connectivity index (χ2n) is 2.94. The molecule has 2 nitrogen and oxygen atoms in total. The second kappa shape index (κ2) is 6.12. The smallest absolute Gasteiger partial charge is 0.279 e. The summed E-state index contributed by atoms with van der Waals surface area (Å²) in [5.41, 5.74) is 0. The lowest BCUT2D eigenvalue weighted by molar-refractivity contribution is 0.258. The van der Waals surface area contributed by atoms with E-state index in [1.54, 1.807) is 0 Å². The Morgan fingerprint density at radius 3 is 2.42 bits per heavy atom. The molecule has 0 aliphatic rings. The zero-order chi connectivity index (χ0) is 9.56. The number of carbonyl (C=O) groups is 1. The highest BCUT2D eigenvalue weighted by Gasteiger charge is 2.06. The van der Waals surface area contributed by atoms with Crippen molar-refractivity contribution in [1.29, 1.82) is 0 Å². The Morgan fingerprint density at radius 2 is 2.00 bits per heavy atom. The molecule has 1 N–H and O–H groups in total. The summed E-state index contributed by atoms with van der Waals surface area (Å²) in [7, 11) is 0. The highest BCUT2D eigenvalue weighted by Crippen LogP contribution is 2.12. The van der Waals surface area contributed by atoms with Gasteiger partial charge in [-0.3, -0.25) is 4.79 Å². The van der Waals surface area contributed by atoms with Crippen molar-refractivity contribution < 1.29 is 4.79 Å². The van der Waals surface area contributed by atoms with Gasteiger partial charge >= 0.3 is 0 Å². The Morgan fingerprint density at radius 1 is 1.42 bits per heavy atom. The highest BCUT2D eigenvalue weighted by molar-refractivity contribution is 8.14. The normalized spacial score (nSPS) is 13.8. The van der Waals surface area contributed by atoms with Crippen molar-refractivity contribution in [3.63, 3.8) is 0 Å². The summed E-state index contributed by atoms with van der Waals surface area (Å²) in [5, 5.41) is 3.13. The van der Waals surface area contributed by atoms with Crippen LogP contribution in [-0.4, -0.2) is 16.5 Å². The first-order chi connectivity index (χ1) is 5.56. The van der Waals surface area contributed by atoms with Crippen molar-refractivity contribution in [2.45, 2.75) is 39.0 Å². The molecule has 0 aromatic carbocycles. The molecule has 0 spiro atoms. The Bertz CT molecular complexity index is 166. The number of rotatable bonds is 3. The van der Waals surface area contributed by atoms with Gasteiger partial charge in [-0.25, -0.2) is 0 Å². The lowest BCUT2D eigenvalue weighted by atomic mass is 10.4. The van der Waals surface area contributed by atoms with Gasteiger partial charge in [-0.2, -0.15) is 0 Å². The Kier molecular flexibility index (Phi) is 5.89. The van der Waals surface area contributed by atoms with Crippen LogP contribution in [0.3, 0.4) is 0 Å². The molecular formula is C9H17NOS. The van der Waals surface area contributed by atoms with Gasteiger partial charge in [0, 0.05) is 11.3 Å². The molecule has 12 heavy (non-hydrogen) atoms. The third-order valence-electron chi connectivity index (χ3n) is 1.16. The first-order valence-electron chi connectivity index (χ1n) is 4.16. The number of thioether (sulfide) groups is 1. The van der Waals surface area contributed by atoms with Crippen molar-refractivity contribution in [1.82, 2.24) is 5.32 Å². The van der Waals surface area contributed by atoms with Crippen LogP contribution in [0.4, 0.5) is 4.79 Å². The van der Waals surface area contributed by atoms with Crippen molar-refractivity contribution in [3.05, 3.63) is 12.2 Å². The summed E-state index contributed by atoms with van der Waals surface area (Å²) >= 11 is 1.32. The number of allylic oxidation sites excluding steroid dienone is 1. The van der Waals surface area contributed by atoms with Crippen molar-refractivity contribution >= 4 is 17.0 Å². The van der Waals surface area contributed by atoms with E-state index in [-0.39, 0.29) is 16.5 Å². The monoisotopic (exact) mass is 187 g/mol. The summed E-state index contributed by atoms with van der Waals surface area (Å²) in [6.45, 7) is 7.87. The molecule has 0 saturated heterocycles. The fourth-order valence-electron chi connectivity index (χ4n) is 0.749. The lowest BCUT2D eigenvalue weighted by Gasteiger charge is -2.09. The summed E-state index contributed by atoms with van der Waals surface area (Å²) < 4.78 is 0. The van der Waals surface area contributed by atoms with Crippen LogP contribution in [0.2, 0.25) is 0 Å². The zero-order valence-electron chi connectivity index (χ0n) is 8.13. The predicted molar refractivity (Wildman–Crippen MR) is 55.5 cm³/mol. The molecule has 0 fully saturated rings. The minimum atomic E-state index is 0.0515. The number of hydrogen-bond acceptors (Lipinski definition) is 2. The minimum Gasteiger partial charge on any atom is -0.345 e. The quantitative estimate of drug-likeness (QED) is 0.688. The summed E-state index contributed by atoms with van der Waals surface area (Å²) in [6.07, 6.45) is 3.96. The van der Waals surface area contributed by atoms with E-state index in [2.05, 4.69) is 5.32 Å². The van der Waals surface area contributed by atoms with Crippen LogP contribution in [0.15, 0.2) is 12.2 Å². The van der Waals surface area contributed by atoms with Gasteiger partial charge < -0.3 is 5.32 Å². The Balaban J connectivity index is 3.69. The molecule has 0 heterocycles. The molecule has 0 aliphatic heterocycles. The largest absolute Gasteiger partial charge is 0.345 e. The molecule has 70 valence electrons. The van der Waals surface area contributed by atoms with Crippen LogP contribution in [0.25, 0.3) is 0 Å². The Hall–Kier alpha value is -0.440. The maximum atomic E-state index is 11.2. The van der Waals surface area contributed by atoms with Crippen LogP contribution < -0.4 is 5.32 Å². The van der Waals surface area contributed by atoms with E-state index in [0.29, 0.717) is 0 Å². The highest BCUT2D eigenvalue weighted by atomic mass is 32.2. The molecule has 0 unspecified atom stereocenters. The van der Waals surface area contributed by atoms with Crippen LogP contribution in [-0.2, 0) is 0 Å². The zero-order valence-corrected chi connectivity index (χ0v) is 8.94.